The predicted molar refractivity (Wildman–Crippen MR) is 130 cm³/mol. The Labute approximate surface area is 216 Å². The lowest BCUT2D eigenvalue weighted by Crippen LogP contribution is -2.53. The van der Waals surface area contributed by atoms with Crippen LogP contribution in [-0.2, 0) is 14.8 Å². The number of nitrogens with one attached hydrogen (secondary N) is 3. The number of carbonyl (C=O) groups is 2. The Hall–Kier alpha value is -3.84. The number of sulfonamides is 1. The van der Waals surface area contributed by atoms with Gasteiger partial charge in [-0.2, -0.15) is 4.98 Å². The van der Waals surface area contributed by atoms with Crippen molar-refractivity contribution in [1.82, 2.24) is 15.3 Å². The molecule has 1 aromatic heterocycles. The maximum Gasteiger partial charge on any atom is 0.336 e. The molecule has 10 nitrogen and oxygen atoms in total. The summed E-state index contributed by atoms with van der Waals surface area (Å²) in [6.07, 6.45) is 4.22. The molecule has 194 valence electrons. The first-order valence-corrected chi connectivity index (χ1v) is 13.3. The summed E-state index contributed by atoms with van der Waals surface area (Å²) in [5, 5.41) is 5.20. The van der Waals surface area contributed by atoms with Gasteiger partial charge in [-0.25, -0.2) is 27.0 Å². The molecule has 0 spiro atoms. The Morgan fingerprint density at radius 3 is 2.54 bits per heavy atom. The van der Waals surface area contributed by atoms with Gasteiger partial charge >= 0.3 is 11.2 Å². The highest BCUT2D eigenvalue weighted by molar-refractivity contribution is 7.92. The van der Waals surface area contributed by atoms with Crippen LogP contribution in [0.2, 0.25) is 5.15 Å². The van der Waals surface area contributed by atoms with E-state index >= 15 is 8.78 Å². The number of aromatic nitrogens is 2. The summed E-state index contributed by atoms with van der Waals surface area (Å²) in [6, 6.07) is 6.80. The van der Waals surface area contributed by atoms with Gasteiger partial charge in [-0.1, -0.05) is 18.2 Å². The van der Waals surface area contributed by atoms with E-state index in [-0.39, 0.29) is 40.0 Å². The van der Waals surface area contributed by atoms with Crippen molar-refractivity contribution >= 4 is 39.2 Å². The van der Waals surface area contributed by atoms with Crippen molar-refractivity contribution in [2.45, 2.75) is 18.9 Å². The van der Waals surface area contributed by atoms with Crippen molar-refractivity contribution in [3.8, 4) is 11.1 Å². The van der Waals surface area contributed by atoms with Crippen LogP contribution < -0.4 is 20.3 Å². The van der Waals surface area contributed by atoms with Crippen LogP contribution in [0, 0.1) is 23.2 Å². The highest BCUT2D eigenvalue weighted by atomic mass is 35.5. The third kappa shape index (κ3) is 6.12. The number of piperidine rings is 1. The molecule has 3 N–H and O–H groups in total. The summed E-state index contributed by atoms with van der Waals surface area (Å²) in [6.45, 7) is 0.117. The monoisotopic (exact) mass is 551 g/mol. The van der Waals surface area contributed by atoms with Crippen molar-refractivity contribution in [1.29, 1.82) is 0 Å². The van der Waals surface area contributed by atoms with Crippen LogP contribution in [0.4, 0.5) is 30.8 Å². The lowest BCUT2D eigenvalue weighted by molar-refractivity contribution is -0.296. The topological polar surface area (TPSA) is 133 Å². The molecule has 3 aromatic rings. The molecule has 1 aliphatic heterocycles. The molecule has 2 heterocycles. The smallest absolute Gasteiger partial charge is 0.326 e. The molecule has 0 bridgehead atoms. The van der Waals surface area contributed by atoms with E-state index in [4.69, 9.17) is 11.6 Å². The van der Waals surface area contributed by atoms with Crippen LogP contribution in [0.5, 0.6) is 0 Å². The second-order valence-electron chi connectivity index (χ2n) is 8.20. The summed E-state index contributed by atoms with van der Waals surface area (Å²) in [5.41, 5.74) is -0.270. The summed E-state index contributed by atoms with van der Waals surface area (Å²) in [5.74, 6) is -3.01. The fraction of sp³-hybridized carbons (Fsp3) is 0.217. The highest BCUT2D eigenvalue weighted by Crippen LogP contribution is 2.35. The minimum Gasteiger partial charge on any atom is -0.326 e. The Morgan fingerprint density at radius 2 is 1.84 bits per heavy atom. The zero-order chi connectivity index (χ0) is 26.7. The molecular formula is C23H22ClF2N6O4S+. The molecule has 0 radical (unpaired) electrons. The van der Waals surface area contributed by atoms with Gasteiger partial charge in [0.15, 0.2) is 29.1 Å². The van der Waals surface area contributed by atoms with E-state index in [0.29, 0.717) is 12.8 Å². The van der Waals surface area contributed by atoms with E-state index < -0.39 is 39.6 Å². The molecule has 4 rings (SSSR count). The van der Waals surface area contributed by atoms with Crippen LogP contribution in [0.15, 0.2) is 48.8 Å². The highest BCUT2D eigenvalue weighted by Gasteiger charge is 2.33. The number of hydrogen-bond donors (Lipinski definition) is 3. The predicted octanol–water partition coefficient (Wildman–Crippen LogP) is 2.81. The number of hydrogen-bond acceptors (Lipinski definition) is 6. The number of nitrogens with zero attached hydrogens (tertiary/aromatic N) is 3. The van der Waals surface area contributed by atoms with Crippen molar-refractivity contribution in [3.63, 3.8) is 0 Å². The number of rotatable bonds is 6. The van der Waals surface area contributed by atoms with Gasteiger partial charge in [-0.15, -0.1) is 0 Å². The molecule has 3 amide bonds. The Morgan fingerprint density at radius 1 is 1.08 bits per heavy atom. The standard InChI is InChI=1S/C23H21ClF2N6O4S/c1-37(35,36)31-15-6-3-2-5-13(15)14-8-9-17(21(26)20(14)25)32-10-4-7-16(22(32)33)29-23(34)30-19-12-27-18(24)11-28-19/h2-3,5-6,8-9,11-12,16,24,31H,4,7,10H2,1H3,(H-,28,29,30,34)/p+1/t16-/m1/s1. The maximum absolute atomic E-state index is 15.3. The van der Waals surface area contributed by atoms with E-state index in [9.17, 15) is 18.0 Å². The van der Waals surface area contributed by atoms with Crippen LogP contribution in [0.3, 0.4) is 0 Å². The van der Waals surface area contributed by atoms with E-state index in [2.05, 4.69) is 25.3 Å². The summed E-state index contributed by atoms with van der Waals surface area (Å²) in [4.78, 5) is 34.2. The summed E-state index contributed by atoms with van der Waals surface area (Å²) < 4.78 is 56.1. The van der Waals surface area contributed by atoms with Gasteiger partial charge in [0.2, 0.25) is 15.9 Å². The van der Waals surface area contributed by atoms with Crippen molar-refractivity contribution in [2.75, 3.05) is 27.7 Å². The fourth-order valence-electron chi connectivity index (χ4n) is 3.90. The Balaban J connectivity index is 1.55. The first kappa shape index (κ1) is 26.2. The average Bonchev–Trinajstić information content (AvgIpc) is 2.83. The molecule has 0 unspecified atom stereocenters. The quantitative estimate of drug-likeness (QED) is 0.431. The van der Waals surface area contributed by atoms with E-state index in [1.165, 1.54) is 36.7 Å². The van der Waals surface area contributed by atoms with Crippen LogP contribution in [-0.4, -0.2) is 49.2 Å². The summed E-state index contributed by atoms with van der Waals surface area (Å²) in [7, 11) is -3.67. The lowest BCUT2D eigenvalue weighted by atomic mass is 10.00. The normalized spacial score (nSPS) is 15.8. The molecule has 1 aliphatic rings. The van der Waals surface area contributed by atoms with Gasteiger partial charge in [0.25, 0.3) is 0 Å². The van der Waals surface area contributed by atoms with E-state index in [0.717, 1.165) is 11.2 Å². The Kier molecular flexibility index (Phi) is 7.55. The molecule has 14 heteroatoms. The Bertz CT molecular complexity index is 1460. The molecule has 0 aliphatic carbocycles. The fourth-order valence-corrected chi connectivity index (χ4v) is 4.59. The molecule has 1 atom stereocenters. The van der Waals surface area contributed by atoms with Gasteiger partial charge in [0, 0.05) is 17.7 Å². The van der Waals surface area contributed by atoms with Crippen LogP contribution in [0.1, 0.15) is 12.8 Å². The number of amides is 3. The van der Waals surface area contributed by atoms with Crippen LogP contribution in [0.25, 0.3) is 11.1 Å². The maximum atomic E-state index is 15.3. The molecule has 1 fully saturated rings. The second-order valence-corrected chi connectivity index (χ2v) is 10.4. The number of benzene rings is 2. The minimum atomic E-state index is -3.67. The number of carbonyl (C=O) groups excluding carboxylic acids is 2. The number of halogens is 3. The molecular weight excluding hydrogens is 530 g/mol. The second kappa shape index (κ2) is 10.6. The van der Waals surface area contributed by atoms with Gasteiger partial charge in [-0.3, -0.25) is 14.8 Å². The number of para-hydroxylation sites is 1. The van der Waals surface area contributed by atoms with Gasteiger partial charge in [0.1, 0.15) is 12.2 Å². The molecule has 1 saturated heterocycles. The zero-order valence-electron chi connectivity index (χ0n) is 19.4. The third-order valence-electron chi connectivity index (χ3n) is 5.48. The van der Waals surface area contributed by atoms with Gasteiger partial charge in [-0.05, 0) is 31.0 Å². The third-order valence-corrected chi connectivity index (χ3v) is 6.28. The molecule has 0 saturated carbocycles. The van der Waals surface area contributed by atoms with Crippen molar-refractivity contribution < 1.29 is 38.4 Å². The minimum absolute atomic E-state index is 0.0763. The number of urea groups is 1. The first-order chi connectivity index (χ1) is 17.5. The lowest BCUT2D eigenvalue weighted by Gasteiger charge is -2.33. The first-order valence-electron chi connectivity index (χ1n) is 11.0. The zero-order valence-corrected chi connectivity index (χ0v) is 21.0. The summed E-state index contributed by atoms with van der Waals surface area (Å²) >= 11 is 4.84. The molecule has 2 aromatic carbocycles. The van der Waals surface area contributed by atoms with E-state index in [1.54, 1.807) is 12.1 Å². The average molecular weight is 552 g/mol. The SMILES string of the molecule is CS(=O)(=O)Nc1ccccc1-c1ccc(N2CCC[C@@H](NC(=O)Nc3cnc([ClH+])cn3)C2=O)c(F)c1F. The molecule has 37 heavy (non-hydrogen) atoms. The van der Waals surface area contributed by atoms with Gasteiger partial charge < -0.3 is 10.2 Å². The van der Waals surface area contributed by atoms with Crippen molar-refractivity contribution in [2.24, 2.45) is 0 Å². The number of anilines is 3. The van der Waals surface area contributed by atoms with E-state index in [1.807, 2.05) is 0 Å². The van der Waals surface area contributed by atoms with Crippen LogP contribution >= 0.6 is 0 Å². The van der Waals surface area contributed by atoms with Gasteiger partial charge in [0.05, 0.1) is 23.8 Å². The largest absolute Gasteiger partial charge is 0.336 e. The van der Waals surface area contributed by atoms with Crippen molar-refractivity contribution in [3.05, 3.63) is 65.6 Å².